The zero-order valence-electron chi connectivity index (χ0n) is 19.2. The van der Waals surface area contributed by atoms with Crippen LogP contribution in [-0.4, -0.2) is 17.3 Å². The van der Waals surface area contributed by atoms with E-state index in [-0.39, 0.29) is 35.1 Å². The number of ketones is 3. The number of allylic oxidation sites excluding steroid dienone is 4. The molecule has 3 nitrogen and oxygen atoms in total. The third-order valence-electron chi connectivity index (χ3n) is 7.47. The van der Waals surface area contributed by atoms with Crippen LogP contribution in [0.3, 0.4) is 0 Å². The second-order valence-corrected chi connectivity index (χ2v) is 9.47. The minimum Gasteiger partial charge on any atom is -0.294 e. The molecule has 0 N–H and O–H groups in total. The van der Waals surface area contributed by atoms with Crippen molar-refractivity contribution >= 4 is 17.3 Å². The minimum absolute atomic E-state index is 0.0322. The molecule has 2 aromatic carbocycles. The average molecular weight is 435 g/mol. The number of fused-ring (bicyclic) bond motifs is 3. The van der Waals surface area contributed by atoms with Gasteiger partial charge in [-0.1, -0.05) is 47.8 Å². The number of hydrogen-bond donors (Lipinski definition) is 0. The molecule has 0 spiro atoms. The van der Waals surface area contributed by atoms with Gasteiger partial charge in [0.25, 0.3) is 0 Å². The lowest BCUT2D eigenvalue weighted by molar-refractivity contribution is -0.124. The molecule has 0 bridgehead atoms. The molecule has 33 heavy (non-hydrogen) atoms. The molecule has 0 saturated heterocycles. The summed E-state index contributed by atoms with van der Waals surface area (Å²) < 4.78 is 0. The first-order valence-electron chi connectivity index (χ1n) is 11.6. The van der Waals surface area contributed by atoms with Crippen LogP contribution in [0.4, 0.5) is 0 Å². The highest BCUT2D eigenvalue weighted by Gasteiger charge is 2.46. The van der Waals surface area contributed by atoms with E-state index < -0.39 is 0 Å². The van der Waals surface area contributed by atoms with Crippen molar-refractivity contribution in [2.24, 2.45) is 17.8 Å². The summed E-state index contributed by atoms with van der Waals surface area (Å²) in [5.41, 5.74) is 6.52. The predicted octanol–water partition coefficient (Wildman–Crippen LogP) is 5.19. The summed E-state index contributed by atoms with van der Waals surface area (Å²) >= 11 is 0. The monoisotopic (exact) mass is 434 g/mol. The summed E-state index contributed by atoms with van der Waals surface area (Å²) in [5.74, 6) is 6.16. The molecular weight excluding hydrogens is 408 g/mol. The Morgan fingerprint density at radius 3 is 2.48 bits per heavy atom. The number of rotatable bonds is 1. The summed E-state index contributed by atoms with van der Waals surface area (Å²) in [6.45, 7) is 5.34. The Labute approximate surface area is 194 Å². The maximum absolute atomic E-state index is 13.8. The first kappa shape index (κ1) is 21.3. The first-order valence-corrected chi connectivity index (χ1v) is 11.6. The van der Waals surface area contributed by atoms with Crippen molar-refractivity contribution in [3.05, 3.63) is 93.1 Å². The van der Waals surface area contributed by atoms with Crippen LogP contribution in [-0.2, 0) is 16.0 Å². The Hall–Kier alpha value is -3.51. The number of carbonyl (C=O) groups excluding carboxylic acids is 3. The quantitative estimate of drug-likeness (QED) is 0.458. The average Bonchev–Trinajstić information content (AvgIpc) is 2.79. The highest BCUT2D eigenvalue weighted by atomic mass is 16.2. The Morgan fingerprint density at radius 1 is 1.00 bits per heavy atom. The van der Waals surface area contributed by atoms with Gasteiger partial charge in [-0.15, -0.1) is 0 Å². The summed E-state index contributed by atoms with van der Waals surface area (Å²) in [5, 5.41) is 0. The zero-order chi connectivity index (χ0) is 23.3. The van der Waals surface area contributed by atoms with Crippen molar-refractivity contribution in [3.8, 4) is 11.8 Å². The van der Waals surface area contributed by atoms with E-state index in [1.165, 1.54) is 6.92 Å². The van der Waals surface area contributed by atoms with E-state index in [1.54, 1.807) is 0 Å². The van der Waals surface area contributed by atoms with Gasteiger partial charge >= 0.3 is 0 Å². The molecule has 5 rings (SSSR count). The van der Waals surface area contributed by atoms with Gasteiger partial charge in [-0.2, -0.15) is 0 Å². The smallest absolute Gasteiger partial charge is 0.189 e. The van der Waals surface area contributed by atoms with Gasteiger partial charge < -0.3 is 0 Å². The zero-order valence-corrected chi connectivity index (χ0v) is 19.2. The Bertz CT molecular complexity index is 1330. The van der Waals surface area contributed by atoms with E-state index in [9.17, 15) is 14.4 Å². The Kier molecular flexibility index (Phi) is 5.25. The van der Waals surface area contributed by atoms with Crippen LogP contribution in [0.5, 0.6) is 0 Å². The predicted molar refractivity (Wildman–Crippen MR) is 128 cm³/mol. The second-order valence-electron chi connectivity index (χ2n) is 9.47. The van der Waals surface area contributed by atoms with Crippen molar-refractivity contribution < 1.29 is 14.4 Å². The highest BCUT2D eigenvalue weighted by Crippen LogP contribution is 2.48. The van der Waals surface area contributed by atoms with Crippen LogP contribution < -0.4 is 0 Å². The van der Waals surface area contributed by atoms with Crippen LogP contribution in [0.15, 0.2) is 65.3 Å². The molecule has 3 aliphatic carbocycles. The summed E-state index contributed by atoms with van der Waals surface area (Å²) in [6, 6.07) is 13.9. The lowest BCUT2D eigenvalue weighted by Gasteiger charge is -2.42. The van der Waals surface area contributed by atoms with Crippen LogP contribution in [0.25, 0.3) is 0 Å². The van der Waals surface area contributed by atoms with Gasteiger partial charge in [0.15, 0.2) is 17.3 Å². The molecule has 3 heteroatoms. The normalized spacial score (nSPS) is 23.6. The van der Waals surface area contributed by atoms with Crippen molar-refractivity contribution in [2.75, 3.05) is 0 Å². The molecule has 0 aromatic heterocycles. The lowest BCUT2D eigenvalue weighted by Crippen LogP contribution is -2.41. The van der Waals surface area contributed by atoms with Crippen molar-refractivity contribution in [2.45, 2.75) is 40.0 Å². The van der Waals surface area contributed by atoms with Gasteiger partial charge in [-0.25, -0.2) is 0 Å². The minimum atomic E-state index is -0.355. The van der Waals surface area contributed by atoms with Gasteiger partial charge in [-0.05, 0) is 81.2 Å². The fraction of sp³-hybridized carbons (Fsp3) is 0.300. The maximum Gasteiger partial charge on any atom is 0.189 e. The molecule has 0 amide bonds. The molecule has 2 aromatic rings. The number of Topliss-reactive ketones (excluding diaryl/α,β-unsaturated/α-hetero) is 3. The van der Waals surface area contributed by atoms with E-state index in [2.05, 4.69) is 11.8 Å². The van der Waals surface area contributed by atoms with Crippen molar-refractivity contribution in [3.63, 3.8) is 0 Å². The van der Waals surface area contributed by atoms with Crippen molar-refractivity contribution in [1.82, 2.24) is 0 Å². The summed E-state index contributed by atoms with van der Waals surface area (Å²) in [7, 11) is 0. The number of hydrogen-bond acceptors (Lipinski definition) is 3. The number of carbonyl (C=O) groups is 3. The highest BCUT2D eigenvalue weighted by molar-refractivity contribution is 6.22. The third kappa shape index (κ3) is 3.51. The summed E-state index contributed by atoms with van der Waals surface area (Å²) in [6.07, 6.45) is 4.07. The summed E-state index contributed by atoms with van der Waals surface area (Å²) in [4.78, 5) is 38.9. The largest absolute Gasteiger partial charge is 0.294 e. The van der Waals surface area contributed by atoms with Gasteiger partial charge in [-0.3, -0.25) is 14.4 Å². The van der Waals surface area contributed by atoms with E-state index in [0.717, 1.165) is 51.8 Å². The molecule has 3 aliphatic rings. The van der Waals surface area contributed by atoms with Gasteiger partial charge in [0, 0.05) is 28.2 Å². The Balaban J connectivity index is 1.59. The molecule has 0 radical (unpaired) electrons. The molecule has 0 saturated carbocycles. The van der Waals surface area contributed by atoms with Crippen LogP contribution in [0.1, 0.15) is 59.3 Å². The molecule has 0 heterocycles. The van der Waals surface area contributed by atoms with E-state index in [0.29, 0.717) is 12.0 Å². The Morgan fingerprint density at radius 2 is 1.76 bits per heavy atom. The van der Waals surface area contributed by atoms with Gasteiger partial charge in [0.1, 0.15) is 0 Å². The maximum atomic E-state index is 13.8. The van der Waals surface area contributed by atoms with Gasteiger partial charge in [0.2, 0.25) is 0 Å². The molecule has 0 aliphatic heterocycles. The second kappa shape index (κ2) is 8.12. The number of aryl methyl sites for hydroxylation is 1. The lowest BCUT2D eigenvalue weighted by atomic mass is 9.60. The molecule has 164 valence electrons. The van der Waals surface area contributed by atoms with Crippen molar-refractivity contribution in [1.29, 1.82) is 0 Å². The number of benzene rings is 2. The molecular formula is C30H26O3. The van der Waals surface area contributed by atoms with E-state index in [4.69, 9.17) is 0 Å². The molecule has 0 fully saturated rings. The van der Waals surface area contributed by atoms with E-state index in [1.807, 2.05) is 62.4 Å². The van der Waals surface area contributed by atoms with Crippen LogP contribution in [0, 0.1) is 36.5 Å². The first-order chi connectivity index (χ1) is 15.9. The van der Waals surface area contributed by atoms with E-state index >= 15 is 0 Å². The fourth-order valence-corrected chi connectivity index (χ4v) is 5.96. The fourth-order valence-electron chi connectivity index (χ4n) is 5.96. The molecule has 3 atom stereocenters. The molecule has 1 unspecified atom stereocenters. The topological polar surface area (TPSA) is 51.2 Å². The van der Waals surface area contributed by atoms with Gasteiger partial charge in [0.05, 0.1) is 5.57 Å². The SMILES string of the molecule is CC(=O)C1=CCC2C[C@H]3Cc4c(C#Cc5ccccc5)ccc(C)c4C(=O)C3=C(C)[C@H]2C1=O. The van der Waals surface area contributed by atoms with Crippen LogP contribution in [0.2, 0.25) is 0 Å². The van der Waals surface area contributed by atoms with Crippen LogP contribution >= 0.6 is 0 Å². The standard InChI is InChI=1S/C30H26O3/c1-17-9-11-21(12-10-20-7-5-4-6-8-20)25-16-23-15-22-13-14-24(19(3)31)29(32)27(22)18(2)28(23)30(33)26(17)25/h4-9,11,14,22-23,27H,13,15-16H2,1-3H3/t22?,23-,27+/m0/s1. The third-order valence-corrected chi connectivity index (χ3v) is 7.47.